The monoisotopic (exact) mass is 275 g/mol. The van der Waals surface area contributed by atoms with Crippen LogP contribution in [0.1, 0.15) is 0 Å². The third kappa shape index (κ3) is 2.38. The Kier molecular flexibility index (Phi) is 3.56. The van der Waals surface area contributed by atoms with Crippen molar-refractivity contribution in [1.29, 1.82) is 0 Å². The zero-order valence-electron chi connectivity index (χ0n) is 7.39. The second kappa shape index (κ2) is 3.98. The minimum absolute atomic E-state index is 0.0319. The van der Waals surface area contributed by atoms with Gasteiger partial charge in [0.2, 0.25) is 5.02 Å². The molecule has 0 saturated heterocycles. The van der Waals surface area contributed by atoms with Crippen LogP contribution in [0, 0.1) is 0 Å². The largest absolute Gasteiger partial charge is 0.361 e. The lowest BCUT2D eigenvalue weighted by molar-refractivity contribution is 0.305. The third-order valence-corrected chi connectivity index (χ3v) is 6.32. The summed E-state index contributed by atoms with van der Waals surface area (Å²) in [6.07, 6.45) is 2.05. The molecule has 1 unspecified atom stereocenters. The molecule has 0 aromatic heterocycles. The van der Waals surface area contributed by atoms with E-state index in [2.05, 4.69) is 17.9 Å². The van der Waals surface area contributed by atoms with Crippen LogP contribution in [0.25, 0.3) is 0 Å². The van der Waals surface area contributed by atoms with E-state index in [1.165, 1.54) is 6.08 Å². The Hall–Kier alpha value is 0.350. The molecule has 7 nitrogen and oxygen atoms in total. The topological polar surface area (TPSA) is 127 Å². The zero-order chi connectivity index (χ0) is 11.9. The van der Waals surface area contributed by atoms with Crippen molar-refractivity contribution in [3.8, 4) is 0 Å². The van der Waals surface area contributed by atoms with E-state index in [4.69, 9.17) is 19.6 Å². The van der Waals surface area contributed by atoms with Crippen molar-refractivity contribution in [2.75, 3.05) is 6.54 Å². The van der Waals surface area contributed by atoms with Crippen molar-refractivity contribution in [2.45, 2.75) is 10.3 Å². The van der Waals surface area contributed by atoms with Gasteiger partial charge < -0.3 is 19.6 Å². The van der Waals surface area contributed by atoms with Crippen molar-refractivity contribution in [3.05, 3.63) is 12.2 Å². The minimum atomic E-state index is -5.02. The SMILES string of the molecule is O=P(O)(O)C1(P(=O)(O)O)C=CC(S)CN1. The second-order valence-corrected chi connectivity index (χ2v) is 7.72. The highest BCUT2D eigenvalue weighted by Crippen LogP contribution is 2.68. The van der Waals surface area contributed by atoms with Crippen LogP contribution in [0.15, 0.2) is 12.2 Å². The maximum Gasteiger partial charge on any atom is 0.361 e. The fourth-order valence-corrected chi connectivity index (χ4v) is 3.89. The molecule has 1 atom stereocenters. The molecule has 0 aromatic carbocycles. The second-order valence-electron chi connectivity index (χ2n) is 3.12. The normalized spacial score (nSPS) is 26.6. The molecular weight excluding hydrogens is 264 g/mol. The maximum absolute atomic E-state index is 11.1. The number of hydrogen-bond donors (Lipinski definition) is 6. The summed E-state index contributed by atoms with van der Waals surface area (Å²) in [4.78, 5) is 36.0. The Bertz CT molecular complexity index is 350. The van der Waals surface area contributed by atoms with Gasteiger partial charge in [0.25, 0.3) is 0 Å². The van der Waals surface area contributed by atoms with Gasteiger partial charge in [0.15, 0.2) is 0 Å². The Morgan fingerprint density at radius 2 is 1.73 bits per heavy atom. The Balaban J connectivity index is 3.29. The van der Waals surface area contributed by atoms with Gasteiger partial charge in [-0.05, 0) is 6.08 Å². The Morgan fingerprint density at radius 1 is 1.27 bits per heavy atom. The number of hydrogen-bond acceptors (Lipinski definition) is 4. The fraction of sp³-hybridized carbons (Fsp3) is 0.600. The van der Waals surface area contributed by atoms with Crippen LogP contribution in [-0.2, 0) is 9.13 Å². The van der Waals surface area contributed by atoms with Gasteiger partial charge in [-0.2, -0.15) is 12.6 Å². The van der Waals surface area contributed by atoms with Gasteiger partial charge in [-0.15, -0.1) is 0 Å². The molecule has 0 aromatic rings. The average Bonchev–Trinajstić information content (AvgIpc) is 2.00. The molecule has 0 aliphatic carbocycles. The van der Waals surface area contributed by atoms with Crippen molar-refractivity contribution in [1.82, 2.24) is 5.32 Å². The van der Waals surface area contributed by atoms with Gasteiger partial charge in [-0.3, -0.25) is 14.4 Å². The first-order chi connectivity index (χ1) is 6.60. The third-order valence-electron chi connectivity index (χ3n) is 2.01. The molecular formula is C5H11NO6P2S. The molecule has 10 heteroatoms. The molecule has 88 valence electrons. The molecule has 1 heterocycles. The maximum atomic E-state index is 11.1. The number of nitrogens with one attached hydrogen (secondary N) is 1. The first kappa shape index (κ1) is 13.4. The molecule has 1 aliphatic rings. The van der Waals surface area contributed by atoms with Crippen molar-refractivity contribution in [3.63, 3.8) is 0 Å². The summed E-state index contributed by atoms with van der Waals surface area (Å²) in [5.74, 6) is 0. The van der Waals surface area contributed by atoms with Gasteiger partial charge in [-0.25, -0.2) is 0 Å². The van der Waals surface area contributed by atoms with Crippen LogP contribution in [0.3, 0.4) is 0 Å². The van der Waals surface area contributed by atoms with Gasteiger partial charge >= 0.3 is 15.2 Å². The lowest BCUT2D eigenvalue weighted by atomic mass is 10.3. The van der Waals surface area contributed by atoms with Crippen LogP contribution in [-0.4, -0.2) is 36.4 Å². The standard InChI is InChI=1S/C5H11NO6P2S/c7-13(8,9)5(14(10,11)12)2-1-4(15)3-6-5/h1-2,4,6,15H,3H2,(H2,7,8,9)(H2,10,11,12). The van der Waals surface area contributed by atoms with Crippen LogP contribution < -0.4 is 5.32 Å². The summed E-state index contributed by atoms with van der Waals surface area (Å²) >= 11 is 3.98. The predicted octanol–water partition coefficient (Wildman–Crippen LogP) is -0.547. The minimum Gasteiger partial charge on any atom is -0.322 e. The Morgan fingerprint density at radius 3 is 2.00 bits per heavy atom. The quantitative estimate of drug-likeness (QED) is 0.227. The summed E-state index contributed by atoms with van der Waals surface area (Å²) in [5, 5.41) is -0.776. The van der Waals surface area contributed by atoms with Crippen LogP contribution in [0.4, 0.5) is 0 Å². The first-order valence-electron chi connectivity index (χ1n) is 3.84. The molecule has 0 radical (unpaired) electrons. The van der Waals surface area contributed by atoms with Crippen LogP contribution >= 0.6 is 27.8 Å². The van der Waals surface area contributed by atoms with E-state index in [0.29, 0.717) is 0 Å². The molecule has 0 bridgehead atoms. The highest BCUT2D eigenvalue weighted by atomic mass is 32.1. The van der Waals surface area contributed by atoms with Crippen molar-refractivity contribution >= 4 is 27.8 Å². The molecule has 0 saturated carbocycles. The van der Waals surface area contributed by atoms with E-state index in [0.717, 1.165) is 6.08 Å². The summed E-state index contributed by atoms with van der Waals surface area (Å²) in [6.45, 7) is -0.0319. The van der Waals surface area contributed by atoms with Crippen molar-refractivity contribution in [2.24, 2.45) is 0 Å². The van der Waals surface area contributed by atoms with Crippen LogP contribution in [0.5, 0.6) is 0 Å². The molecule has 0 spiro atoms. The van der Waals surface area contributed by atoms with E-state index in [1.807, 2.05) is 0 Å². The molecule has 0 fully saturated rings. The highest BCUT2D eigenvalue weighted by Gasteiger charge is 2.59. The number of thiol groups is 1. The molecule has 5 N–H and O–H groups in total. The first-order valence-corrected chi connectivity index (χ1v) is 7.58. The lowest BCUT2D eigenvalue weighted by Gasteiger charge is -2.36. The average molecular weight is 275 g/mol. The van der Waals surface area contributed by atoms with Crippen molar-refractivity contribution < 1.29 is 28.7 Å². The summed E-state index contributed by atoms with van der Waals surface area (Å²) in [7, 11) is -10.0. The van der Waals surface area contributed by atoms with Gasteiger partial charge in [0.1, 0.15) is 0 Å². The molecule has 1 aliphatic heterocycles. The van der Waals surface area contributed by atoms with Crippen LogP contribution in [0.2, 0.25) is 0 Å². The Labute approximate surface area is 91.3 Å². The molecule has 1 rings (SSSR count). The fourth-order valence-electron chi connectivity index (χ4n) is 1.20. The predicted molar refractivity (Wildman–Crippen MR) is 56.7 cm³/mol. The van der Waals surface area contributed by atoms with E-state index in [1.54, 1.807) is 0 Å². The van der Waals surface area contributed by atoms with Gasteiger partial charge in [0, 0.05) is 11.8 Å². The highest BCUT2D eigenvalue weighted by molar-refractivity contribution is 7.81. The molecule has 15 heavy (non-hydrogen) atoms. The lowest BCUT2D eigenvalue weighted by Crippen LogP contribution is -2.48. The summed E-state index contributed by atoms with van der Waals surface area (Å²) in [6, 6.07) is 0. The smallest absolute Gasteiger partial charge is 0.322 e. The van der Waals surface area contributed by atoms with E-state index in [-0.39, 0.29) is 11.8 Å². The van der Waals surface area contributed by atoms with E-state index >= 15 is 0 Å². The van der Waals surface area contributed by atoms with E-state index in [9.17, 15) is 9.13 Å². The zero-order valence-corrected chi connectivity index (χ0v) is 10.1. The molecule has 0 amide bonds. The van der Waals surface area contributed by atoms with E-state index < -0.39 is 20.2 Å². The van der Waals surface area contributed by atoms with Gasteiger partial charge in [0.05, 0.1) is 0 Å². The van der Waals surface area contributed by atoms with Gasteiger partial charge in [-0.1, -0.05) is 6.08 Å². The number of rotatable bonds is 2. The summed E-state index contributed by atoms with van der Waals surface area (Å²) < 4.78 is 22.3. The summed E-state index contributed by atoms with van der Waals surface area (Å²) in [5.41, 5.74) is 0.